The van der Waals surface area contributed by atoms with Crippen molar-refractivity contribution in [2.45, 2.75) is 52.7 Å². The molecule has 2 amide bonds. The van der Waals surface area contributed by atoms with Crippen LogP contribution in [0.25, 0.3) is 0 Å². The number of nitrogens with one attached hydrogen (secondary N) is 1. The Labute approximate surface area is 193 Å². The maximum absolute atomic E-state index is 13.1. The van der Waals surface area contributed by atoms with E-state index in [9.17, 15) is 9.59 Å². The number of aryl methyl sites for hydroxylation is 1. The van der Waals surface area contributed by atoms with Crippen molar-refractivity contribution < 1.29 is 19.1 Å². The molecule has 1 unspecified atom stereocenters. The van der Waals surface area contributed by atoms with E-state index in [1.807, 2.05) is 56.3 Å². The quantitative estimate of drug-likeness (QED) is 0.537. The van der Waals surface area contributed by atoms with Gasteiger partial charge < -0.3 is 19.7 Å². The fourth-order valence-electron chi connectivity index (χ4n) is 3.06. The molecule has 31 heavy (non-hydrogen) atoms. The Morgan fingerprint density at radius 2 is 1.84 bits per heavy atom. The number of hydrogen-bond acceptors (Lipinski definition) is 4. The van der Waals surface area contributed by atoms with Gasteiger partial charge in [-0.2, -0.15) is 0 Å². The average Bonchev–Trinajstić information content (AvgIpc) is 2.75. The number of nitrogens with zero attached hydrogens (tertiary/aromatic N) is 1. The first-order valence-corrected chi connectivity index (χ1v) is 11.2. The van der Waals surface area contributed by atoms with Gasteiger partial charge in [-0.3, -0.25) is 9.59 Å². The minimum absolute atomic E-state index is 0.0204. The topological polar surface area (TPSA) is 67.9 Å². The van der Waals surface area contributed by atoms with Gasteiger partial charge in [-0.1, -0.05) is 25.1 Å². The number of halogens is 1. The van der Waals surface area contributed by atoms with Gasteiger partial charge in [-0.15, -0.1) is 0 Å². The monoisotopic (exact) mass is 490 g/mol. The van der Waals surface area contributed by atoms with Gasteiger partial charge in [0.1, 0.15) is 17.5 Å². The van der Waals surface area contributed by atoms with Gasteiger partial charge in [-0.25, -0.2) is 0 Å². The van der Waals surface area contributed by atoms with Gasteiger partial charge in [0.2, 0.25) is 5.91 Å². The van der Waals surface area contributed by atoms with Gasteiger partial charge in [0, 0.05) is 12.6 Å². The van der Waals surface area contributed by atoms with Crippen LogP contribution in [0.5, 0.6) is 11.5 Å². The molecule has 168 valence electrons. The third kappa shape index (κ3) is 7.28. The van der Waals surface area contributed by atoms with Crippen LogP contribution in [0.1, 0.15) is 38.8 Å². The van der Waals surface area contributed by atoms with Gasteiger partial charge in [0.05, 0.1) is 11.6 Å². The molecule has 0 heterocycles. The number of ether oxygens (including phenoxy) is 2. The van der Waals surface area contributed by atoms with Crippen molar-refractivity contribution >= 4 is 27.7 Å². The molecule has 0 aromatic heterocycles. The largest absolute Gasteiger partial charge is 0.497 e. The molecule has 0 aliphatic heterocycles. The zero-order valence-electron chi connectivity index (χ0n) is 18.8. The average molecular weight is 491 g/mol. The second-order valence-corrected chi connectivity index (χ2v) is 8.47. The Balaban J connectivity index is 2.19. The Morgan fingerprint density at radius 3 is 2.45 bits per heavy atom. The van der Waals surface area contributed by atoms with Crippen LogP contribution in [0.3, 0.4) is 0 Å². The predicted molar refractivity (Wildman–Crippen MR) is 125 cm³/mol. The van der Waals surface area contributed by atoms with E-state index in [0.29, 0.717) is 11.5 Å². The van der Waals surface area contributed by atoms with Crippen LogP contribution in [-0.2, 0) is 22.6 Å². The minimum Gasteiger partial charge on any atom is -0.497 e. The lowest BCUT2D eigenvalue weighted by atomic mass is 10.1. The molecule has 1 N–H and O–H groups in total. The van der Waals surface area contributed by atoms with Crippen molar-refractivity contribution in [1.29, 1.82) is 0 Å². The second-order valence-electron chi connectivity index (χ2n) is 7.62. The van der Waals surface area contributed by atoms with Crippen LogP contribution in [0, 0.1) is 0 Å². The normalized spacial score (nSPS) is 11.7. The molecule has 0 fully saturated rings. The highest BCUT2D eigenvalue weighted by atomic mass is 79.9. The summed E-state index contributed by atoms with van der Waals surface area (Å²) in [7, 11) is 1.59. The van der Waals surface area contributed by atoms with Crippen molar-refractivity contribution in [3.8, 4) is 11.5 Å². The number of methoxy groups -OCH3 is 1. The maximum Gasteiger partial charge on any atom is 0.261 e. The molecule has 0 saturated carbocycles. The highest BCUT2D eigenvalue weighted by Gasteiger charge is 2.27. The lowest BCUT2D eigenvalue weighted by Crippen LogP contribution is -2.50. The second kappa shape index (κ2) is 11.7. The van der Waals surface area contributed by atoms with E-state index in [1.165, 1.54) is 10.5 Å². The summed E-state index contributed by atoms with van der Waals surface area (Å²) in [4.78, 5) is 27.3. The van der Waals surface area contributed by atoms with Gasteiger partial charge in [-0.05, 0) is 78.5 Å². The summed E-state index contributed by atoms with van der Waals surface area (Å²) >= 11 is 3.50. The number of amides is 2. The Hall–Kier alpha value is -2.54. The van der Waals surface area contributed by atoms with E-state index in [2.05, 4.69) is 28.2 Å². The summed E-state index contributed by atoms with van der Waals surface area (Å²) < 4.78 is 11.9. The molecule has 0 aliphatic carbocycles. The predicted octanol–water partition coefficient (Wildman–Crippen LogP) is 4.34. The molecule has 2 aromatic rings. The standard InChI is InChI=1S/C24H31BrN2O4/c1-6-18-10-11-22(21(25)13-18)31-15-23(28)27(17(4)24(29)26-16(2)3)14-19-8-7-9-20(12-19)30-5/h7-13,16-17H,6,14-15H2,1-5H3,(H,26,29). The SMILES string of the molecule is CCc1ccc(OCC(=O)N(Cc2cccc(OC)c2)C(C)C(=O)NC(C)C)c(Br)c1. The van der Waals surface area contributed by atoms with E-state index < -0.39 is 6.04 Å². The van der Waals surface area contributed by atoms with Crippen LogP contribution in [-0.4, -0.2) is 42.5 Å². The van der Waals surface area contributed by atoms with E-state index in [4.69, 9.17) is 9.47 Å². The molecule has 0 aliphatic rings. The fourth-order valence-corrected chi connectivity index (χ4v) is 3.60. The number of benzene rings is 2. The first-order valence-electron chi connectivity index (χ1n) is 10.4. The van der Waals surface area contributed by atoms with E-state index in [1.54, 1.807) is 14.0 Å². The van der Waals surface area contributed by atoms with Crippen LogP contribution in [0.4, 0.5) is 0 Å². The number of hydrogen-bond donors (Lipinski definition) is 1. The van der Waals surface area contributed by atoms with Crippen molar-refractivity contribution in [2.24, 2.45) is 0 Å². The van der Waals surface area contributed by atoms with Gasteiger partial charge in [0.25, 0.3) is 5.91 Å². The van der Waals surface area contributed by atoms with Crippen molar-refractivity contribution in [1.82, 2.24) is 10.2 Å². The fraction of sp³-hybridized carbons (Fsp3) is 0.417. The highest BCUT2D eigenvalue weighted by molar-refractivity contribution is 9.10. The van der Waals surface area contributed by atoms with Crippen LogP contribution < -0.4 is 14.8 Å². The van der Waals surface area contributed by atoms with Crippen LogP contribution in [0.15, 0.2) is 46.9 Å². The molecule has 0 spiro atoms. The third-order valence-corrected chi connectivity index (χ3v) is 5.46. The minimum atomic E-state index is -0.657. The summed E-state index contributed by atoms with van der Waals surface area (Å²) in [5.41, 5.74) is 2.04. The summed E-state index contributed by atoms with van der Waals surface area (Å²) in [6, 6.07) is 12.6. The molecule has 0 bridgehead atoms. The maximum atomic E-state index is 13.1. The summed E-state index contributed by atoms with van der Waals surface area (Å²) in [6.45, 7) is 7.67. The molecule has 2 rings (SSSR count). The highest BCUT2D eigenvalue weighted by Crippen LogP contribution is 2.26. The Morgan fingerprint density at radius 1 is 1.10 bits per heavy atom. The molecule has 2 aromatic carbocycles. The van der Waals surface area contributed by atoms with Crippen molar-refractivity contribution in [2.75, 3.05) is 13.7 Å². The van der Waals surface area contributed by atoms with Gasteiger partial charge in [0.15, 0.2) is 6.61 Å². The molecular weight excluding hydrogens is 460 g/mol. The zero-order valence-corrected chi connectivity index (χ0v) is 20.4. The smallest absolute Gasteiger partial charge is 0.261 e. The Kier molecular flexibility index (Phi) is 9.37. The first-order chi connectivity index (χ1) is 14.7. The molecular formula is C24H31BrN2O4. The molecule has 7 heteroatoms. The molecule has 0 saturated heterocycles. The molecule has 6 nitrogen and oxygen atoms in total. The number of rotatable bonds is 10. The zero-order chi connectivity index (χ0) is 23.0. The number of carbonyl (C=O) groups is 2. The van der Waals surface area contributed by atoms with E-state index >= 15 is 0 Å². The summed E-state index contributed by atoms with van der Waals surface area (Å²) in [5.74, 6) is 0.798. The summed E-state index contributed by atoms with van der Waals surface area (Å²) in [6.07, 6.45) is 0.911. The van der Waals surface area contributed by atoms with Crippen molar-refractivity contribution in [3.05, 3.63) is 58.1 Å². The van der Waals surface area contributed by atoms with E-state index in [0.717, 1.165) is 16.5 Å². The van der Waals surface area contributed by atoms with E-state index in [-0.39, 0.29) is 31.0 Å². The lowest BCUT2D eigenvalue weighted by Gasteiger charge is -2.29. The van der Waals surface area contributed by atoms with Gasteiger partial charge >= 0.3 is 0 Å². The van der Waals surface area contributed by atoms with Crippen LogP contribution in [0.2, 0.25) is 0 Å². The summed E-state index contributed by atoms with van der Waals surface area (Å²) in [5, 5.41) is 2.88. The first kappa shape index (κ1) is 24.7. The third-order valence-electron chi connectivity index (χ3n) is 4.84. The molecule has 0 radical (unpaired) electrons. The van der Waals surface area contributed by atoms with Crippen molar-refractivity contribution in [3.63, 3.8) is 0 Å². The lowest BCUT2D eigenvalue weighted by molar-refractivity contribution is -0.142. The Bertz CT molecular complexity index is 901. The molecule has 1 atom stereocenters. The van der Waals surface area contributed by atoms with Crippen LogP contribution >= 0.6 is 15.9 Å². The number of carbonyl (C=O) groups excluding carboxylic acids is 2.